The third kappa shape index (κ3) is 5.21. The van der Waals surface area contributed by atoms with E-state index in [4.69, 9.17) is 16.3 Å². The molecule has 1 N–H and O–H groups in total. The monoisotopic (exact) mass is 310 g/mol. The van der Waals surface area contributed by atoms with E-state index in [2.05, 4.69) is 11.4 Å². The highest BCUT2D eigenvalue weighted by Gasteiger charge is 2.22. The van der Waals surface area contributed by atoms with E-state index in [0.29, 0.717) is 12.6 Å². The summed E-state index contributed by atoms with van der Waals surface area (Å²) in [6, 6.07) is 8.46. The summed E-state index contributed by atoms with van der Waals surface area (Å²) in [5, 5.41) is 4.35. The van der Waals surface area contributed by atoms with Crippen molar-refractivity contribution < 1.29 is 9.53 Å². The molecule has 0 atom stereocenters. The molecule has 1 aromatic rings. The number of carbonyl (C=O) groups excluding carboxylic acids is 1. The first-order valence-electron chi connectivity index (χ1n) is 7.58. The van der Waals surface area contributed by atoms with Crippen molar-refractivity contribution in [1.29, 1.82) is 0 Å². The third-order valence-electron chi connectivity index (χ3n) is 3.76. The van der Waals surface area contributed by atoms with Crippen LogP contribution in [0.5, 0.6) is 0 Å². The van der Waals surface area contributed by atoms with Gasteiger partial charge < -0.3 is 15.0 Å². The summed E-state index contributed by atoms with van der Waals surface area (Å²) in [5.74, 6) is 0. The van der Waals surface area contributed by atoms with Gasteiger partial charge in [0.05, 0.1) is 6.61 Å². The molecule has 4 nitrogen and oxygen atoms in total. The second kappa shape index (κ2) is 8.25. The average Bonchev–Trinajstić information content (AvgIpc) is 2.48. The Labute approximate surface area is 131 Å². The number of hydrogen-bond donors (Lipinski definition) is 1. The van der Waals surface area contributed by atoms with E-state index in [9.17, 15) is 4.79 Å². The lowest BCUT2D eigenvalue weighted by Crippen LogP contribution is -2.45. The van der Waals surface area contributed by atoms with Crippen LogP contribution in [0.4, 0.5) is 4.79 Å². The minimum Gasteiger partial charge on any atom is -0.450 e. The Morgan fingerprint density at radius 1 is 1.43 bits per heavy atom. The van der Waals surface area contributed by atoms with E-state index in [1.165, 1.54) is 5.56 Å². The zero-order valence-corrected chi connectivity index (χ0v) is 13.2. The molecule has 0 bridgehead atoms. The maximum atomic E-state index is 11.6. The summed E-state index contributed by atoms with van der Waals surface area (Å²) in [7, 11) is 0. The van der Waals surface area contributed by atoms with Crippen molar-refractivity contribution in [3.05, 3.63) is 34.9 Å². The van der Waals surface area contributed by atoms with Gasteiger partial charge in [0.15, 0.2) is 0 Å². The summed E-state index contributed by atoms with van der Waals surface area (Å²) in [6.07, 6.45) is 2.75. The molecule has 0 unspecified atom stereocenters. The number of rotatable bonds is 5. The minimum atomic E-state index is -0.185. The molecule has 1 saturated heterocycles. The van der Waals surface area contributed by atoms with E-state index in [0.717, 1.165) is 43.9 Å². The lowest BCUT2D eigenvalue weighted by Gasteiger charge is -2.31. The van der Waals surface area contributed by atoms with Gasteiger partial charge in [0, 0.05) is 24.2 Å². The fourth-order valence-electron chi connectivity index (χ4n) is 2.59. The predicted molar refractivity (Wildman–Crippen MR) is 84.8 cm³/mol. The number of likely N-dealkylation sites (tertiary alicyclic amines) is 1. The second-order valence-electron chi connectivity index (χ2n) is 5.29. The molecule has 0 spiro atoms. The van der Waals surface area contributed by atoms with Crippen molar-refractivity contribution >= 4 is 17.7 Å². The molecule has 1 aliphatic heterocycles. The van der Waals surface area contributed by atoms with E-state index in [1.807, 2.05) is 25.1 Å². The van der Waals surface area contributed by atoms with E-state index < -0.39 is 0 Å². The Morgan fingerprint density at radius 2 is 2.19 bits per heavy atom. The molecular formula is C16H23ClN2O2. The van der Waals surface area contributed by atoms with Gasteiger partial charge in [0.1, 0.15) is 0 Å². The highest BCUT2D eigenvalue weighted by molar-refractivity contribution is 6.30. The zero-order chi connectivity index (χ0) is 15.1. The molecule has 116 valence electrons. The first kappa shape index (κ1) is 16.1. The molecule has 0 radical (unpaired) electrons. The van der Waals surface area contributed by atoms with Crippen LogP contribution in [0.3, 0.4) is 0 Å². The molecule has 0 saturated carbocycles. The Hall–Kier alpha value is -1.26. The first-order valence-corrected chi connectivity index (χ1v) is 7.96. The molecule has 21 heavy (non-hydrogen) atoms. The zero-order valence-electron chi connectivity index (χ0n) is 12.5. The van der Waals surface area contributed by atoms with Crippen molar-refractivity contribution in [2.75, 3.05) is 26.2 Å². The highest BCUT2D eigenvalue weighted by atomic mass is 35.5. The maximum absolute atomic E-state index is 11.6. The third-order valence-corrected chi connectivity index (χ3v) is 3.99. The standard InChI is InChI=1S/C16H23ClN2O2/c1-2-21-16(20)19-10-7-15(8-11-19)18-9-6-13-4-3-5-14(17)12-13/h3-5,12,15,18H,2,6-11H2,1H3. The number of hydrogen-bond acceptors (Lipinski definition) is 3. The van der Waals surface area contributed by atoms with Crippen molar-refractivity contribution in [1.82, 2.24) is 10.2 Å². The van der Waals surface area contributed by atoms with Crippen LogP contribution < -0.4 is 5.32 Å². The van der Waals surface area contributed by atoms with Gasteiger partial charge in [0.25, 0.3) is 0 Å². The van der Waals surface area contributed by atoms with Crippen molar-refractivity contribution in [3.8, 4) is 0 Å². The Balaban J connectivity index is 1.66. The quantitative estimate of drug-likeness (QED) is 0.908. The molecule has 0 aliphatic carbocycles. The van der Waals surface area contributed by atoms with Gasteiger partial charge in [-0.25, -0.2) is 4.79 Å². The van der Waals surface area contributed by atoms with Crippen LogP contribution in [-0.4, -0.2) is 43.3 Å². The number of amides is 1. The van der Waals surface area contributed by atoms with Gasteiger partial charge in [-0.1, -0.05) is 23.7 Å². The SMILES string of the molecule is CCOC(=O)N1CCC(NCCc2cccc(Cl)c2)CC1. The molecule has 0 aromatic heterocycles. The normalized spacial score (nSPS) is 16.0. The van der Waals surface area contributed by atoms with E-state index >= 15 is 0 Å². The summed E-state index contributed by atoms with van der Waals surface area (Å²) in [5.41, 5.74) is 1.25. The van der Waals surface area contributed by atoms with Gasteiger partial charge in [-0.05, 0) is 50.4 Å². The van der Waals surface area contributed by atoms with Crippen molar-refractivity contribution in [2.24, 2.45) is 0 Å². The average molecular weight is 311 g/mol. The fourth-order valence-corrected chi connectivity index (χ4v) is 2.81. The van der Waals surface area contributed by atoms with Gasteiger partial charge in [-0.3, -0.25) is 0 Å². The van der Waals surface area contributed by atoms with Crippen molar-refractivity contribution in [3.63, 3.8) is 0 Å². The van der Waals surface area contributed by atoms with Gasteiger partial charge in [-0.15, -0.1) is 0 Å². The van der Waals surface area contributed by atoms with E-state index in [-0.39, 0.29) is 6.09 Å². The number of benzene rings is 1. The van der Waals surface area contributed by atoms with Crippen LogP contribution in [-0.2, 0) is 11.2 Å². The van der Waals surface area contributed by atoms with Gasteiger partial charge in [-0.2, -0.15) is 0 Å². The molecule has 1 aliphatic rings. The number of piperidine rings is 1. The fraction of sp³-hybridized carbons (Fsp3) is 0.562. The maximum Gasteiger partial charge on any atom is 0.409 e. The molecule has 1 fully saturated rings. The largest absolute Gasteiger partial charge is 0.450 e. The molecule has 5 heteroatoms. The van der Waals surface area contributed by atoms with Crippen LogP contribution >= 0.6 is 11.6 Å². The highest BCUT2D eigenvalue weighted by Crippen LogP contribution is 2.13. The van der Waals surface area contributed by atoms with Crippen LogP contribution in [0.2, 0.25) is 5.02 Å². The Kier molecular flexibility index (Phi) is 6.33. The molecule has 2 rings (SSSR count). The van der Waals surface area contributed by atoms with Crippen LogP contribution in [0.25, 0.3) is 0 Å². The molecule has 1 heterocycles. The number of ether oxygens (including phenoxy) is 1. The number of carbonyl (C=O) groups is 1. The van der Waals surface area contributed by atoms with Crippen LogP contribution in [0.15, 0.2) is 24.3 Å². The predicted octanol–water partition coefficient (Wildman–Crippen LogP) is 3.09. The lowest BCUT2D eigenvalue weighted by molar-refractivity contribution is 0.0952. The van der Waals surface area contributed by atoms with Crippen LogP contribution in [0.1, 0.15) is 25.3 Å². The summed E-state index contributed by atoms with van der Waals surface area (Å²) >= 11 is 5.97. The van der Waals surface area contributed by atoms with Crippen LogP contribution in [0, 0.1) is 0 Å². The molecule has 1 amide bonds. The number of halogens is 1. The molecular weight excluding hydrogens is 288 g/mol. The Morgan fingerprint density at radius 3 is 2.86 bits per heavy atom. The number of nitrogens with zero attached hydrogens (tertiary/aromatic N) is 1. The summed E-state index contributed by atoms with van der Waals surface area (Å²) in [6.45, 7) is 4.75. The summed E-state index contributed by atoms with van der Waals surface area (Å²) in [4.78, 5) is 13.4. The first-order chi connectivity index (χ1) is 10.2. The number of nitrogens with one attached hydrogen (secondary N) is 1. The van der Waals surface area contributed by atoms with Gasteiger partial charge >= 0.3 is 6.09 Å². The topological polar surface area (TPSA) is 41.6 Å². The van der Waals surface area contributed by atoms with Gasteiger partial charge in [0.2, 0.25) is 0 Å². The van der Waals surface area contributed by atoms with Crippen molar-refractivity contribution in [2.45, 2.75) is 32.2 Å². The molecule has 1 aromatic carbocycles. The van der Waals surface area contributed by atoms with E-state index in [1.54, 1.807) is 4.90 Å². The second-order valence-corrected chi connectivity index (χ2v) is 5.73. The Bertz CT molecular complexity index is 459. The lowest BCUT2D eigenvalue weighted by atomic mass is 10.0. The minimum absolute atomic E-state index is 0.185. The smallest absolute Gasteiger partial charge is 0.409 e. The summed E-state index contributed by atoms with van der Waals surface area (Å²) < 4.78 is 5.02.